The van der Waals surface area contributed by atoms with Crippen molar-refractivity contribution in [2.24, 2.45) is 5.84 Å². The highest BCUT2D eigenvalue weighted by Crippen LogP contribution is 2.43. The SMILES string of the molecule is NNC(=O)c1cc2c(/C=C/c3cccnc3)nn(C(c3ccccc3)(c3ccccc3)c3ccccc3)c2cc1F. The van der Waals surface area contributed by atoms with Crippen LogP contribution in [0.4, 0.5) is 4.39 Å². The summed E-state index contributed by atoms with van der Waals surface area (Å²) in [5.74, 6) is 3.96. The van der Waals surface area contributed by atoms with E-state index in [0.717, 1.165) is 22.3 Å². The third-order valence-corrected chi connectivity index (χ3v) is 7.18. The maximum Gasteiger partial charge on any atom is 0.268 e. The monoisotopic (exact) mass is 539 g/mol. The van der Waals surface area contributed by atoms with Crippen molar-refractivity contribution in [2.45, 2.75) is 5.54 Å². The van der Waals surface area contributed by atoms with Crippen molar-refractivity contribution in [1.82, 2.24) is 20.2 Å². The van der Waals surface area contributed by atoms with Gasteiger partial charge in [0.15, 0.2) is 0 Å². The van der Waals surface area contributed by atoms with E-state index in [1.54, 1.807) is 12.4 Å². The normalized spacial score (nSPS) is 11.7. The molecule has 200 valence electrons. The summed E-state index contributed by atoms with van der Waals surface area (Å²) in [6.07, 6.45) is 7.19. The number of amides is 1. The molecule has 0 aliphatic rings. The van der Waals surface area contributed by atoms with Crippen molar-refractivity contribution in [3.63, 3.8) is 0 Å². The first kappa shape index (κ1) is 25.9. The maximum atomic E-state index is 15.6. The Hall–Kier alpha value is -5.40. The number of nitrogen functional groups attached to an aromatic ring is 1. The fourth-order valence-corrected chi connectivity index (χ4v) is 5.34. The van der Waals surface area contributed by atoms with Crippen LogP contribution in [0.2, 0.25) is 0 Å². The van der Waals surface area contributed by atoms with Gasteiger partial charge in [-0.05, 0) is 40.5 Å². The van der Waals surface area contributed by atoms with Crippen molar-refractivity contribution in [2.75, 3.05) is 0 Å². The quantitative estimate of drug-likeness (QED) is 0.110. The number of hydrogen-bond donors (Lipinski definition) is 2. The number of hydrazine groups is 1. The molecule has 2 aromatic heterocycles. The molecule has 0 radical (unpaired) electrons. The number of rotatable bonds is 7. The fraction of sp³-hybridized carbons (Fsp3) is 0.0294. The summed E-state index contributed by atoms with van der Waals surface area (Å²) >= 11 is 0. The fourth-order valence-electron chi connectivity index (χ4n) is 5.34. The molecule has 3 N–H and O–H groups in total. The Balaban J connectivity index is 1.74. The lowest BCUT2D eigenvalue weighted by atomic mass is 9.77. The van der Waals surface area contributed by atoms with Gasteiger partial charge in [0.1, 0.15) is 11.4 Å². The van der Waals surface area contributed by atoms with Gasteiger partial charge in [-0.3, -0.25) is 15.2 Å². The molecule has 1 amide bonds. The number of carbonyl (C=O) groups excluding carboxylic acids is 1. The average Bonchev–Trinajstić information content (AvgIpc) is 3.39. The van der Waals surface area contributed by atoms with Crippen LogP contribution in [-0.4, -0.2) is 20.7 Å². The number of nitrogens with one attached hydrogen (secondary N) is 1. The van der Waals surface area contributed by atoms with Crippen LogP contribution in [0.1, 0.15) is 38.3 Å². The van der Waals surface area contributed by atoms with Crippen molar-refractivity contribution < 1.29 is 9.18 Å². The predicted octanol–water partition coefficient (Wildman–Crippen LogP) is 6.18. The highest BCUT2D eigenvalue weighted by atomic mass is 19.1. The molecule has 6 nitrogen and oxygen atoms in total. The maximum absolute atomic E-state index is 15.6. The van der Waals surface area contributed by atoms with Crippen molar-refractivity contribution in [3.05, 3.63) is 167 Å². The van der Waals surface area contributed by atoms with E-state index in [1.807, 2.05) is 125 Å². The number of carbonyl (C=O) groups is 1. The van der Waals surface area contributed by atoms with E-state index in [2.05, 4.69) is 4.98 Å². The van der Waals surface area contributed by atoms with Crippen LogP contribution in [0.25, 0.3) is 23.1 Å². The minimum atomic E-state index is -0.980. The molecule has 4 aromatic carbocycles. The zero-order valence-corrected chi connectivity index (χ0v) is 22.0. The third kappa shape index (κ3) is 4.58. The smallest absolute Gasteiger partial charge is 0.268 e. The number of nitrogens with zero attached hydrogens (tertiary/aromatic N) is 3. The van der Waals surface area contributed by atoms with Gasteiger partial charge in [0.25, 0.3) is 5.91 Å². The van der Waals surface area contributed by atoms with Gasteiger partial charge < -0.3 is 0 Å². The molecular formula is C34H26FN5O. The first-order chi connectivity index (χ1) is 20.1. The summed E-state index contributed by atoms with van der Waals surface area (Å²) < 4.78 is 17.5. The second kappa shape index (κ2) is 11.0. The molecule has 0 saturated carbocycles. The Labute approximate surface area is 236 Å². The summed E-state index contributed by atoms with van der Waals surface area (Å²) in [7, 11) is 0. The molecule has 0 fully saturated rings. The van der Waals surface area contributed by atoms with Crippen LogP contribution in [0.3, 0.4) is 0 Å². The lowest BCUT2D eigenvalue weighted by Crippen LogP contribution is -2.38. The highest BCUT2D eigenvalue weighted by Gasteiger charge is 2.41. The minimum Gasteiger partial charge on any atom is -0.290 e. The number of hydrogen-bond acceptors (Lipinski definition) is 4. The van der Waals surface area contributed by atoms with Gasteiger partial charge in [0.2, 0.25) is 0 Å². The molecule has 2 heterocycles. The van der Waals surface area contributed by atoms with Crippen molar-refractivity contribution >= 4 is 29.0 Å². The zero-order chi connectivity index (χ0) is 28.2. The average molecular weight is 540 g/mol. The van der Waals surface area contributed by atoms with E-state index in [9.17, 15) is 4.79 Å². The van der Waals surface area contributed by atoms with Crippen LogP contribution in [-0.2, 0) is 5.54 Å². The number of fused-ring (bicyclic) bond motifs is 1. The molecule has 0 unspecified atom stereocenters. The van der Waals surface area contributed by atoms with E-state index in [4.69, 9.17) is 10.9 Å². The van der Waals surface area contributed by atoms with Crippen LogP contribution in [0.15, 0.2) is 128 Å². The highest BCUT2D eigenvalue weighted by molar-refractivity contribution is 6.00. The second-order valence-corrected chi connectivity index (χ2v) is 9.55. The first-order valence-corrected chi connectivity index (χ1v) is 13.1. The molecule has 6 aromatic rings. The molecule has 7 heteroatoms. The molecule has 0 atom stereocenters. The summed E-state index contributed by atoms with van der Waals surface area (Å²) in [6, 6.07) is 36.7. The molecular weight excluding hydrogens is 513 g/mol. The summed E-state index contributed by atoms with van der Waals surface area (Å²) in [4.78, 5) is 16.7. The van der Waals surface area contributed by atoms with E-state index in [1.165, 1.54) is 12.1 Å². The Morgan fingerprint density at radius 3 is 1.90 bits per heavy atom. The van der Waals surface area contributed by atoms with Gasteiger partial charge in [0.05, 0.1) is 16.8 Å². The lowest BCUT2D eigenvalue weighted by Gasteiger charge is -2.37. The van der Waals surface area contributed by atoms with Gasteiger partial charge in [-0.1, -0.05) is 103 Å². The second-order valence-electron chi connectivity index (χ2n) is 9.55. The Morgan fingerprint density at radius 1 is 0.805 bits per heavy atom. The molecule has 41 heavy (non-hydrogen) atoms. The van der Waals surface area contributed by atoms with Gasteiger partial charge in [-0.15, -0.1) is 0 Å². The third-order valence-electron chi connectivity index (χ3n) is 7.18. The van der Waals surface area contributed by atoms with E-state index in [0.29, 0.717) is 16.6 Å². The molecule has 6 rings (SSSR count). The van der Waals surface area contributed by atoms with Crippen molar-refractivity contribution in [3.8, 4) is 0 Å². The Kier molecular flexibility index (Phi) is 6.93. The molecule has 0 aliphatic heterocycles. The van der Waals surface area contributed by atoms with Gasteiger partial charge in [-0.2, -0.15) is 5.10 Å². The number of benzene rings is 4. The first-order valence-electron chi connectivity index (χ1n) is 13.1. The zero-order valence-electron chi connectivity index (χ0n) is 22.0. The van der Waals surface area contributed by atoms with Gasteiger partial charge >= 0.3 is 0 Å². The summed E-state index contributed by atoms with van der Waals surface area (Å²) in [5, 5.41) is 5.75. The van der Waals surface area contributed by atoms with Crippen LogP contribution in [0, 0.1) is 5.82 Å². The molecule has 0 aliphatic carbocycles. The minimum absolute atomic E-state index is 0.166. The van der Waals surface area contributed by atoms with Gasteiger partial charge in [-0.25, -0.2) is 14.9 Å². The Morgan fingerprint density at radius 2 is 1.39 bits per heavy atom. The molecule has 0 spiro atoms. The van der Waals surface area contributed by atoms with E-state index in [-0.39, 0.29) is 5.56 Å². The standard InChI is InChI=1S/C34H26FN5O/c35-30-22-32-29(21-28(30)33(41)38-36)31(19-18-24-11-10-20-37-23-24)39-40(32)34(25-12-4-1-5-13-25,26-14-6-2-7-15-26)27-16-8-3-9-17-27/h1-23H,36H2,(H,38,41)/b19-18+. The molecule has 0 saturated heterocycles. The topological polar surface area (TPSA) is 85.8 Å². The van der Waals surface area contributed by atoms with E-state index < -0.39 is 17.3 Å². The number of pyridine rings is 1. The summed E-state index contributed by atoms with van der Waals surface area (Å²) in [5.41, 5.74) is 5.66. The largest absolute Gasteiger partial charge is 0.290 e. The lowest BCUT2D eigenvalue weighted by molar-refractivity contribution is 0.0950. The number of halogens is 1. The van der Waals surface area contributed by atoms with Crippen molar-refractivity contribution in [1.29, 1.82) is 0 Å². The summed E-state index contributed by atoms with van der Waals surface area (Å²) in [6.45, 7) is 0. The van der Waals surface area contributed by atoms with Crippen LogP contribution in [0.5, 0.6) is 0 Å². The number of nitrogens with two attached hydrogens (primary N) is 1. The number of aromatic nitrogens is 3. The predicted molar refractivity (Wildman–Crippen MR) is 159 cm³/mol. The van der Waals surface area contributed by atoms with Crippen LogP contribution < -0.4 is 11.3 Å². The van der Waals surface area contributed by atoms with E-state index >= 15 is 4.39 Å². The van der Waals surface area contributed by atoms with Gasteiger partial charge in [0, 0.05) is 23.8 Å². The van der Waals surface area contributed by atoms with Crippen LogP contribution >= 0.6 is 0 Å². The molecule has 0 bridgehead atoms. The Bertz CT molecular complexity index is 1740.